The minimum absolute atomic E-state index is 0.00704. The lowest BCUT2D eigenvalue weighted by molar-refractivity contribution is -0.137. The third kappa shape index (κ3) is 4.08. The highest BCUT2D eigenvalue weighted by Gasteiger charge is 2.58. The lowest BCUT2D eigenvalue weighted by atomic mass is 9.98. The van der Waals surface area contributed by atoms with E-state index in [9.17, 15) is 18.0 Å². The van der Waals surface area contributed by atoms with E-state index in [1.165, 1.54) is 12.1 Å². The van der Waals surface area contributed by atoms with Gasteiger partial charge in [-0.1, -0.05) is 6.07 Å². The predicted molar refractivity (Wildman–Crippen MR) is 132 cm³/mol. The van der Waals surface area contributed by atoms with Crippen LogP contribution >= 0.6 is 0 Å². The number of carbonyl (C=O) groups is 1. The lowest BCUT2D eigenvalue weighted by Crippen LogP contribution is -2.24. The molecular weight excluding hydrogens is 497 g/mol. The Bertz CT molecular complexity index is 1450. The Balaban J connectivity index is 1.07. The number of anilines is 1. The second-order valence-electron chi connectivity index (χ2n) is 10.6. The summed E-state index contributed by atoms with van der Waals surface area (Å²) in [6.45, 7) is 0.286. The highest BCUT2D eigenvalue weighted by atomic mass is 19.4. The van der Waals surface area contributed by atoms with E-state index in [4.69, 9.17) is 15.2 Å². The van der Waals surface area contributed by atoms with Gasteiger partial charge in [-0.2, -0.15) is 13.2 Å². The average molecular weight is 523 g/mol. The van der Waals surface area contributed by atoms with Crippen LogP contribution in [0.2, 0.25) is 0 Å². The second-order valence-corrected chi connectivity index (χ2v) is 10.6. The molecule has 10 heteroatoms. The molecule has 1 amide bonds. The van der Waals surface area contributed by atoms with Gasteiger partial charge in [0.15, 0.2) is 0 Å². The number of aromatic nitrogens is 1. The summed E-state index contributed by atoms with van der Waals surface area (Å²) in [5.41, 5.74) is 7.87. The molecule has 2 fully saturated rings. The van der Waals surface area contributed by atoms with Crippen LogP contribution in [0.5, 0.6) is 17.2 Å². The van der Waals surface area contributed by atoms with Crippen molar-refractivity contribution >= 4 is 11.7 Å². The zero-order valence-electron chi connectivity index (χ0n) is 20.3. The first-order valence-electron chi connectivity index (χ1n) is 12.7. The first-order valence-corrected chi connectivity index (χ1v) is 12.7. The summed E-state index contributed by atoms with van der Waals surface area (Å²) in [6, 6.07) is 11.6. The van der Waals surface area contributed by atoms with Crippen molar-refractivity contribution in [1.29, 1.82) is 0 Å². The van der Waals surface area contributed by atoms with Gasteiger partial charge in [0.1, 0.15) is 29.2 Å². The largest absolute Gasteiger partial charge is 0.488 e. The molecule has 2 saturated carbocycles. The number of hydrogen-bond donors (Lipinski definition) is 3. The number of pyridine rings is 1. The SMILES string of the molecule is NC1(c2cc(CN[C@@H]3[C@H]4Oc5ccc(Oc6ccnc7c6CCC(=O)N7)cc5[C@@H]34)cc(C(F)(F)F)c2)CC1. The Morgan fingerprint density at radius 1 is 1.16 bits per heavy atom. The fourth-order valence-electron chi connectivity index (χ4n) is 5.53. The molecule has 7 nitrogen and oxygen atoms in total. The standard InChI is InChI=1S/C28H25F3N4O3/c29-28(30,31)16-10-14(9-15(11-16)27(32)6-7-27)13-34-24-23-19-12-17(1-3-20(19)38-25(23)24)37-21-5-8-33-26-18(21)2-4-22(36)35-26/h1,3,5,8-12,23-25,34H,2,4,6-7,13,32H2,(H,33,35,36)/t23-,24-,25-/m0/s1. The van der Waals surface area contributed by atoms with Gasteiger partial charge in [0, 0.05) is 41.7 Å². The van der Waals surface area contributed by atoms with Gasteiger partial charge in [-0.3, -0.25) is 4.79 Å². The number of nitrogens with two attached hydrogens (primary N) is 1. The van der Waals surface area contributed by atoms with E-state index < -0.39 is 17.3 Å². The Morgan fingerprint density at radius 2 is 2.00 bits per heavy atom. The number of nitrogens with zero attached hydrogens (tertiary/aromatic N) is 1. The summed E-state index contributed by atoms with van der Waals surface area (Å²) in [7, 11) is 0. The van der Waals surface area contributed by atoms with Gasteiger partial charge in [-0.25, -0.2) is 4.98 Å². The molecule has 3 aromatic rings. The van der Waals surface area contributed by atoms with Gasteiger partial charge in [0.2, 0.25) is 5.91 Å². The van der Waals surface area contributed by atoms with Gasteiger partial charge in [-0.15, -0.1) is 0 Å². The maximum atomic E-state index is 13.5. The Labute approximate surface area is 216 Å². The third-order valence-electron chi connectivity index (χ3n) is 7.88. The number of rotatable bonds is 6. The van der Waals surface area contributed by atoms with Crippen LogP contribution in [0.1, 0.15) is 53.0 Å². The maximum Gasteiger partial charge on any atom is 0.416 e. The number of ether oxygens (including phenoxy) is 2. The van der Waals surface area contributed by atoms with Crippen molar-refractivity contribution in [3.8, 4) is 17.2 Å². The molecule has 1 aromatic heterocycles. The molecule has 0 saturated heterocycles. The first-order chi connectivity index (χ1) is 18.2. The number of fused-ring (bicyclic) bond motifs is 4. The fourth-order valence-corrected chi connectivity index (χ4v) is 5.53. The molecule has 0 bridgehead atoms. The van der Waals surface area contributed by atoms with Gasteiger partial charge < -0.3 is 25.8 Å². The van der Waals surface area contributed by atoms with Crippen molar-refractivity contribution < 1.29 is 27.4 Å². The zero-order chi connectivity index (χ0) is 26.2. The topological polar surface area (TPSA) is 98.5 Å². The summed E-state index contributed by atoms with van der Waals surface area (Å²) in [5, 5.41) is 6.16. The third-order valence-corrected chi connectivity index (χ3v) is 7.88. The number of benzene rings is 2. The van der Waals surface area contributed by atoms with Crippen molar-refractivity contribution in [2.75, 3.05) is 5.32 Å². The highest BCUT2D eigenvalue weighted by Crippen LogP contribution is 2.55. The number of hydrogen-bond acceptors (Lipinski definition) is 6. The van der Waals surface area contributed by atoms with Crippen LogP contribution in [0.4, 0.5) is 19.0 Å². The van der Waals surface area contributed by atoms with Crippen LogP contribution in [0.3, 0.4) is 0 Å². The molecule has 2 aromatic carbocycles. The van der Waals surface area contributed by atoms with Crippen molar-refractivity contribution in [3.05, 3.63) is 76.5 Å². The monoisotopic (exact) mass is 522 g/mol. The quantitative estimate of drug-likeness (QED) is 0.433. The molecule has 0 spiro atoms. The van der Waals surface area contributed by atoms with E-state index in [1.54, 1.807) is 18.3 Å². The summed E-state index contributed by atoms with van der Waals surface area (Å²) in [5.74, 6) is 2.62. The van der Waals surface area contributed by atoms with Gasteiger partial charge in [-0.05, 0) is 66.8 Å². The molecule has 196 valence electrons. The van der Waals surface area contributed by atoms with Crippen molar-refractivity contribution in [2.24, 2.45) is 5.73 Å². The van der Waals surface area contributed by atoms with E-state index in [0.29, 0.717) is 54.1 Å². The number of amides is 1. The fraction of sp³-hybridized carbons (Fsp3) is 0.357. The van der Waals surface area contributed by atoms with Crippen LogP contribution in [-0.4, -0.2) is 23.0 Å². The van der Waals surface area contributed by atoms with Crippen LogP contribution in [0, 0.1) is 0 Å². The zero-order valence-corrected chi connectivity index (χ0v) is 20.3. The summed E-state index contributed by atoms with van der Waals surface area (Å²) in [4.78, 5) is 15.9. The summed E-state index contributed by atoms with van der Waals surface area (Å²) in [6.07, 6.45) is -0.577. The predicted octanol–water partition coefficient (Wildman–Crippen LogP) is 4.74. The van der Waals surface area contributed by atoms with Crippen LogP contribution in [0.15, 0.2) is 48.7 Å². The van der Waals surface area contributed by atoms with Crippen molar-refractivity contribution in [2.45, 2.75) is 62.0 Å². The van der Waals surface area contributed by atoms with Gasteiger partial charge in [0.25, 0.3) is 0 Å². The molecular formula is C28H25F3N4O3. The smallest absolute Gasteiger partial charge is 0.416 e. The average Bonchev–Trinajstić information content (AvgIpc) is 3.76. The number of nitrogens with one attached hydrogen (secondary N) is 2. The molecule has 2 aliphatic heterocycles. The summed E-state index contributed by atoms with van der Waals surface area (Å²) >= 11 is 0. The van der Waals surface area contributed by atoms with Crippen molar-refractivity contribution in [3.63, 3.8) is 0 Å². The van der Waals surface area contributed by atoms with E-state index in [2.05, 4.69) is 15.6 Å². The Kier molecular flexibility index (Phi) is 5.06. The molecule has 3 heterocycles. The molecule has 0 radical (unpaired) electrons. The van der Waals surface area contributed by atoms with E-state index in [0.717, 1.165) is 16.9 Å². The van der Waals surface area contributed by atoms with Crippen LogP contribution < -0.4 is 25.8 Å². The molecule has 4 aliphatic rings. The molecule has 38 heavy (non-hydrogen) atoms. The molecule has 3 atom stereocenters. The van der Waals surface area contributed by atoms with Crippen molar-refractivity contribution in [1.82, 2.24) is 10.3 Å². The normalized spacial score (nSPS) is 24.0. The Hall–Kier alpha value is -3.63. The van der Waals surface area contributed by atoms with Crippen LogP contribution in [-0.2, 0) is 29.5 Å². The van der Waals surface area contributed by atoms with Gasteiger partial charge >= 0.3 is 6.18 Å². The highest BCUT2D eigenvalue weighted by molar-refractivity contribution is 5.93. The second kappa shape index (κ2) is 8.18. The first kappa shape index (κ1) is 23.5. The molecule has 7 rings (SSSR count). The number of alkyl halides is 3. The Morgan fingerprint density at radius 3 is 2.79 bits per heavy atom. The van der Waals surface area contributed by atoms with Gasteiger partial charge in [0.05, 0.1) is 11.6 Å². The van der Waals surface area contributed by atoms with E-state index in [-0.39, 0.29) is 30.5 Å². The molecule has 0 unspecified atom stereocenters. The minimum atomic E-state index is -4.43. The number of carbonyl (C=O) groups excluding carboxylic acids is 1. The summed E-state index contributed by atoms with van der Waals surface area (Å²) < 4.78 is 52.8. The van der Waals surface area contributed by atoms with Crippen LogP contribution in [0.25, 0.3) is 0 Å². The minimum Gasteiger partial charge on any atom is -0.488 e. The molecule has 4 N–H and O–H groups in total. The molecule has 2 aliphatic carbocycles. The van der Waals surface area contributed by atoms with E-state index >= 15 is 0 Å². The maximum absolute atomic E-state index is 13.5. The number of halogens is 3. The lowest BCUT2D eigenvalue weighted by Gasteiger charge is -2.19. The van der Waals surface area contributed by atoms with E-state index in [1.807, 2.05) is 18.2 Å².